The van der Waals surface area contributed by atoms with E-state index in [1.54, 1.807) is 10.6 Å². The van der Waals surface area contributed by atoms with Crippen LogP contribution in [-0.2, 0) is 0 Å². The molecule has 2 aromatic rings. The number of rotatable bonds is 4. The van der Waals surface area contributed by atoms with E-state index in [2.05, 4.69) is 81.4 Å². The molecular weight excluding hydrogens is 283 g/mol. The first-order chi connectivity index (χ1) is 10.7. The molecule has 3 atom stereocenters. The Morgan fingerprint density at radius 2 is 1.32 bits per heavy atom. The highest BCUT2D eigenvalue weighted by Crippen LogP contribution is 2.54. The summed E-state index contributed by atoms with van der Waals surface area (Å²) >= 11 is 0. The molecular formula is C21H27P. The molecule has 0 spiro atoms. The van der Waals surface area contributed by atoms with E-state index in [-0.39, 0.29) is 7.92 Å². The minimum Gasteiger partial charge on any atom is -0.0625 e. The largest absolute Gasteiger partial charge is 0.0625 e. The van der Waals surface area contributed by atoms with E-state index >= 15 is 0 Å². The van der Waals surface area contributed by atoms with Crippen LogP contribution in [-0.4, -0.2) is 5.66 Å². The summed E-state index contributed by atoms with van der Waals surface area (Å²) in [7, 11) is -0.263. The molecule has 2 aromatic carbocycles. The van der Waals surface area contributed by atoms with Crippen LogP contribution in [0.5, 0.6) is 0 Å². The van der Waals surface area contributed by atoms with Gasteiger partial charge in [-0.2, -0.15) is 0 Å². The molecule has 0 aliphatic heterocycles. The lowest BCUT2D eigenvalue weighted by molar-refractivity contribution is 0.392. The van der Waals surface area contributed by atoms with Gasteiger partial charge in [-0.05, 0) is 54.8 Å². The Labute approximate surface area is 136 Å². The van der Waals surface area contributed by atoms with Crippen molar-refractivity contribution in [2.45, 2.75) is 39.3 Å². The van der Waals surface area contributed by atoms with E-state index in [9.17, 15) is 0 Å². The third-order valence-electron chi connectivity index (χ3n) is 5.20. The zero-order chi connectivity index (χ0) is 15.5. The topological polar surface area (TPSA) is 0 Å². The van der Waals surface area contributed by atoms with Gasteiger partial charge in [0.15, 0.2) is 0 Å². The minimum absolute atomic E-state index is 0.263. The minimum atomic E-state index is -0.263. The standard InChI is InChI=1S/C21H27P/c1-16(2)20-15-14-17(3)21(20)22(18-10-6-4-7-11-18)19-12-8-5-9-13-19/h4-13,16-17,20-21H,14-15H2,1-3H3. The van der Waals surface area contributed by atoms with Crippen LogP contribution in [0.3, 0.4) is 0 Å². The van der Waals surface area contributed by atoms with E-state index in [1.165, 1.54) is 12.8 Å². The molecule has 22 heavy (non-hydrogen) atoms. The van der Waals surface area contributed by atoms with E-state index in [0.717, 1.165) is 23.4 Å². The van der Waals surface area contributed by atoms with Crippen molar-refractivity contribution in [3.8, 4) is 0 Å². The molecule has 0 saturated heterocycles. The first-order valence-electron chi connectivity index (χ1n) is 8.58. The van der Waals surface area contributed by atoms with Crippen molar-refractivity contribution in [2.24, 2.45) is 17.8 Å². The molecule has 0 N–H and O–H groups in total. The van der Waals surface area contributed by atoms with Gasteiger partial charge in [-0.3, -0.25) is 0 Å². The van der Waals surface area contributed by atoms with Gasteiger partial charge in [0.2, 0.25) is 0 Å². The second-order valence-electron chi connectivity index (χ2n) is 6.99. The molecule has 1 aliphatic rings. The van der Waals surface area contributed by atoms with Crippen molar-refractivity contribution in [3.05, 3.63) is 60.7 Å². The smallest absolute Gasteiger partial charge is 0.00723 e. The molecule has 3 unspecified atom stereocenters. The molecule has 0 aromatic heterocycles. The van der Waals surface area contributed by atoms with Crippen LogP contribution in [0.1, 0.15) is 33.6 Å². The average Bonchev–Trinajstić information content (AvgIpc) is 2.92. The van der Waals surface area contributed by atoms with Gasteiger partial charge >= 0.3 is 0 Å². The Morgan fingerprint density at radius 1 is 0.818 bits per heavy atom. The predicted octanol–water partition coefficient (Wildman–Crippen LogP) is 5.19. The molecule has 0 radical (unpaired) electrons. The van der Waals surface area contributed by atoms with E-state index < -0.39 is 0 Å². The summed E-state index contributed by atoms with van der Waals surface area (Å²) in [6.45, 7) is 7.31. The Bertz CT molecular complexity index is 536. The maximum atomic E-state index is 2.48. The molecule has 0 nitrogen and oxygen atoms in total. The summed E-state index contributed by atoms with van der Waals surface area (Å²) < 4.78 is 0. The van der Waals surface area contributed by atoms with Crippen molar-refractivity contribution < 1.29 is 0 Å². The fourth-order valence-electron chi connectivity index (χ4n) is 4.06. The Hall–Kier alpha value is -1.13. The van der Waals surface area contributed by atoms with Crippen LogP contribution < -0.4 is 10.6 Å². The molecule has 0 heterocycles. The second-order valence-corrected chi connectivity index (χ2v) is 9.36. The van der Waals surface area contributed by atoms with Crippen LogP contribution >= 0.6 is 7.92 Å². The van der Waals surface area contributed by atoms with Crippen molar-refractivity contribution in [1.29, 1.82) is 0 Å². The SMILES string of the molecule is CC(C)C1CCC(C)C1P(c1ccccc1)c1ccccc1. The van der Waals surface area contributed by atoms with E-state index in [0.29, 0.717) is 0 Å². The van der Waals surface area contributed by atoms with Gasteiger partial charge in [0.1, 0.15) is 0 Å². The highest BCUT2D eigenvalue weighted by molar-refractivity contribution is 7.73. The van der Waals surface area contributed by atoms with Gasteiger partial charge in [-0.15, -0.1) is 0 Å². The van der Waals surface area contributed by atoms with Gasteiger partial charge in [0, 0.05) is 0 Å². The summed E-state index contributed by atoms with van der Waals surface area (Å²) in [6, 6.07) is 22.5. The normalized spacial score (nSPS) is 25.0. The first-order valence-corrected chi connectivity index (χ1v) is 9.99. The van der Waals surface area contributed by atoms with Crippen molar-refractivity contribution in [3.63, 3.8) is 0 Å². The summed E-state index contributed by atoms with van der Waals surface area (Å²) in [4.78, 5) is 0. The molecule has 3 rings (SSSR count). The van der Waals surface area contributed by atoms with Crippen molar-refractivity contribution in [1.82, 2.24) is 0 Å². The molecule has 1 saturated carbocycles. The quantitative estimate of drug-likeness (QED) is 0.682. The Balaban J connectivity index is 2.05. The zero-order valence-corrected chi connectivity index (χ0v) is 14.8. The first kappa shape index (κ1) is 15.8. The third-order valence-corrected chi connectivity index (χ3v) is 8.40. The fraction of sp³-hybridized carbons (Fsp3) is 0.429. The van der Waals surface area contributed by atoms with Crippen molar-refractivity contribution in [2.75, 3.05) is 0 Å². The van der Waals surface area contributed by atoms with Crippen LogP contribution in [0.25, 0.3) is 0 Å². The lowest BCUT2D eigenvalue weighted by atomic mass is 9.93. The summed E-state index contributed by atoms with van der Waals surface area (Å²) in [5.41, 5.74) is 0.819. The molecule has 0 bridgehead atoms. The van der Waals surface area contributed by atoms with Gasteiger partial charge in [0.25, 0.3) is 0 Å². The molecule has 1 heteroatoms. The fourth-order valence-corrected chi connectivity index (χ4v) is 7.57. The number of hydrogen-bond acceptors (Lipinski definition) is 0. The van der Waals surface area contributed by atoms with Crippen LogP contribution in [0.4, 0.5) is 0 Å². The van der Waals surface area contributed by atoms with E-state index in [1.807, 2.05) is 0 Å². The van der Waals surface area contributed by atoms with Crippen LogP contribution in [0.15, 0.2) is 60.7 Å². The van der Waals surface area contributed by atoms with Crippen LogP contribution in [0, 0.1) is 17.8 Å². The van der Waals surface area contributed by atoms with Gasteiger partial charge in [-0.25, -0.2) is 0 Å². The molecule has 1 aliphatic carbocycles. The van der Waals surface area contributed by atoms with Gasteiger partial charge in [-0.1, -0.05) is 81.4 Å². The highest BCUT2D eigenvalue weighted by Gasteiger charge is 2.41. The summed E-state index contributed by atoms with van der Waals surface area (Å²) in [5.74, 6) is 2.48. The lowest BCUT2D eigenvalue weighted by Crippen LogP contribution is -2.30. The molecule has 116 valence electrons. The summed E-state index contributed by atoms with van der Waals surface area (Å²) in [6.07, 6.45) is 2.80. The van der Waals surface area contributed by atoms with Gasteiger partial charge in [0.05, 0.1) is 0 Å². The zero-order valence-electron chi connectivity index (χ0n) is 13.9. The Morgan fingerprint density at radius 3 is 1.77 bits per heavy atom. The maximum Gasteiger partial charge on any atom is -0.00723 e. The summed E-state index contributed by atoms with van der Waals surface area (Å²) in [5, 5.41) is 3.10. The predicted molar refractivity (Wildman–Crippen MR) is 99.6 cm³/mol. The number of hydrogen-bond donors (Lipinski definition) is 0. The molecule has 1 fully saturated rings. The third kappa shape index (κ3) is 3.13. The lowest BCUT2D eigenvalue weighted by Gasteiger charge is -2.34. The monoisotopic (exact) mass is 310 g/mol. The van der Waals surface area contributed by atoms with Crippen LogP contribution in [0.2, 0.25) is 0 Å². The average molecular weight is 310 g/mol. The Kier molecular flexibility index (Phi) is 4.99. The van der Waals surface area contributed by atoms with Crippen molar-refractivity contribution >= 4 is 18.5 Å². The maximum absolute atomic E-state index is 2.48. The second kappa shape index (κ2) is 6.97. The highest BCUT2D eigenvalue weighted by atomic mass is 31.1. The molecule has 0 amide bonds. The van der Waals surface area contributed by atoms with E-state index in [4.69, 9.17) is 0 Å². The number of benzene rings is 2. The van der Waals surface area contributed by atoms with Gasteiger partial charge < -0.3 is 0 Å².